The lowest BCUT2D eigenvalue weighted by atomic mass is 9.70. The normalized spacial score (nSPS) is 20.0. The summed E-state index contributed by atoms with van der Waals surface area (Å²) in [5, 5.41) is 14.0. The van der Waals surface area contributed by atoms with Crippen LogP contribution < -0.4 is 0 Å². The molecule has 3 nitrogen and oxygen atoms in total. The molecule has 2 aromatic carbocycles. The quantitative estimate of drug-likeness (QED) is 0.525. The molecular formula is C26H30ClFN2O. The number of nitrogens with zero attached hydrogens (tertiary/aromatic N) is 1. The van der Waals surface area contributed by atoms with Gasteiger partial charge in [-0.3, -0.25) is 0 Å². The highest BCUT2D eigenvalue weighted by molar-refractivity contribution is 6.31. The van der Waals surface area contributed by atoms with E-state index >= 15 is 0 Å². The van der Waals surface area contributed by atoms with E-state index in [9.17, 15) is 9.50 Å². The lowest BCUT2D eigenvalue weighted by molar-refractivity contribution is -0.0384. The summed E-state index contributed by atoms with van der Waals surface area (Å²) < 4.78 is 13.7. The lowest BCUT2D eigenvalue weighted by Gasteiger charge is -2.39. The second kappa shape index (κ2) is 8.23. The van der Waals surface area contributed by atoms with Crippen molar-refractivity contribution in [2.45, 2.75) is 57.1 Å². The monoisotopic (exact) mass is 440 g/mol. The second-order valence-electron chi connectivity index (χ2n) is 9.50. The van der Waals surface area contributed by atoms with Crippen LogP contribution in [-0.2, 0) is 25.0 Å². The Labute approximate surface area is 188 Å². The van der Waals surface area contributed by atoms with Crippen LogP contribution in [-0.4, -0.2) is 28.6 Å². The third kappa shape index (κ3) is 3.90. The summed E-state index contributed by atoms with van der Waals surface area (Å²) in [5.74, 6) is -0.127. The van der Waals surface area contributed by atoms with Crippen LogP contribution in [0.5, 0.6) is 0 Å². The number of likely N-dealkylation sites (N-methyl/N-ethyl adjacent to an activating group) is 1. The fourth-order valence-corrected chi connectivity index (χ4v) is 5.98. The van der Waals surface area contributed by atoms with Crippen molar-refractivity contribution in [2.24, 2.45) is 5.92 Å². The molecule has 1 aliphatic heterocycles. The smallest absolute Gasteiger partial charge is 0.123 e. The number of aromatic amines is 1. The predicted octanol–water partition coefficient (Wildman–Crippen LogP) is 5.96. The molecule has 0 radical (unpaired) electrons. The Bertz CT molecular complexity index is 1090. The number of halogens is 2. The van der Waals surface area contributed by atoms with E-state index in [4.69, 9.17) is 11.6 Å². The molecule has 2 N–H and O–H groups in total. The first-order valence-electron chi connectivity index (χ1n) is 11.4. The van der Waals surface area contributed by atoms with Gasteiger partial charge in [0.2, 0.25) is 0 Å². The van der Waals surface area contributed by atoms with E-state index in [0.29, 0.717) is 11.4 Å². The third-order valence-electron chi connectivity index (χ3n) is 7.41. The van der Waals surface area contributed by atoms with Gasteiger partial charge in [0.05, 0.1) is 5.60 Å². The van der Waals surface area contributed by atoms with Crippen molar-refractivity contribution in [1.82, 2.24) is 9.88 Å². The molecule has 5 rings (SSSR count). The minimum absolute atomic E-state index is 0.150. The number of aliphatic hydroxyl groups is 1. The van der Waals surface area contributed by atoms with E-state index in [1.54, 1.807) is 12.1 Å². The van der Waals surface area contributed by atoms with E-state index < -0.39 is 5.60 Å². The molecule has 5 heteroatoms. The van der Waals surface area contributed by atoms with E-state index in [-0.39, 0.29) is 11.7 Å². The fourth-order valence-electron chi connectivity index (χ4n) is 5.74. The second-order valence-corrected chi connectivity index (χ2v) is 9.94. The van der Waals surface area contributed by atoms with Gasteiger partial charge < -0.3 is 15.0 Å². The van der Waals surface area contributed by atoms with Gasteiger partial charge in [0.25, 0.3) is 0 Å². The summed E-state index contributed by atoms with van der Waals surface area (Å²) in [6, 6.07) is 10.5. The van der Waals surface area contributed by atoms with Crippen LogP contribution in [0, 0.1) is 11.7 Å². The Morgan fingerprint density at radius 1 is 1.16 bits per heavy atom. The molecule has 0 saturated heterocycles. The van der Waals surface area contributed by atoms with Crippen LogP contribution >= 0.6 is 11.6 Å². The number of H-pyrrole nitrogens is 1. The summed E-state index contributed by atoms with van der Waals surface area (Å²) in [4.78, 5) is 5.97. The Morgan fingerprint density at radius 3 is 2.65 bits per heavy atom. The summed E-state index contributed by atoms with van der Waals surface area (Å²) in [7, 11) is 2.14. The molecule has 0 amide bonds. The van der Waals surface area contributed by atoms with Crippen LogP contribution in [0.1, 0.15) is 54.5 Å². The summed E-state index contributed by atoms with van der Waals surface area (Å²) >= 11 is 6.58. The molecule has 1 unspecified atom stereocenters. The molecule has 0 bridgehead atoms. The highest BCUT2D eigenvalue weighted by Crippen LogP contribution is 2.43. The van der Waals surface area contributed by atoms with E-state index in [0.717, 1.165) is 61.8 Å². The number of nitrogens with one attached hydrogen (secondary N) is 1. The Balaban J connectivity index is 1.61. The zero-order valence-corrected chi connectivity index (χ0v) is 18.8. The molecule has 31 heavy (non-hydrogen) atoms. The third-order valence-corrected chi connectivity index (χ3v) is 7.62. The van der Waals surface area contributed by atoms with Crippen LogP contribution in [0.3, 0.4) is 0 Å². The Hall–Kier alpha value is -1.88. The van der Waals surface area contributed by atoms with Gasteiger partial charge in [0, 0.05) is 41.1 Å². The van der Waals surface area contributed by atoms with Crippen molar-refractivity contribution in [1.29, 1.82) is 0 Å². The van der Waals surface area contributed by atoms with Gasteiger partial charge in [-0.2, -0.15) is 0 Å². The van der Waals surface area contributed by atoms with E-state index in [1.165, 1.54) is 35.2 Å². The van der Waals surface area contributed by atoms with E-state index in [2.05, 4.69) is 23.0 Å². The first kappa shape index (κ1) is 21.0. The Morgan fingerprint density at radius 2 is 1.90 bits per heavy atom. The fraction of sp³-hybridized carbons (Fsp3) is 0.462. The zero-order valence-electron chi connectivity index (χ0n) is 18.1. The highest BCUT2D eigenvalue weighted by Gasteiger charge is 2.39. The number of hydrogen-bond acceptors (Lipinski definition) is 2. The van der Waals surface area contributed by atoms with Crippen LogP contribution in [0.2, 0.25) is 5.02 Å². The van der Waals surface area contributed by atoms with Crippen LogP contribution in [0.25, 0.3) is 10.9 Å². The topological polar surface area (TPSA) is 39.3 Å². The molecule has 1 atom stereocenters. The van der Waals surface area contributed by atoms with Crippen molar-refractivity contribution >= 4 is 22.5 Å². The first-order valence-corrected chi connectivity index (χ1v) is 11.8. The van der Waals surface area contributed by atoms with Gasteiger partial charge in [-0.25, -0.2) is 4.39 Å². The largest absolute Gasteiger partial charge is 0.385 e. The molecule has 2 heterocycles. The number of fused-ring (bicyclic) bond motifs is 3. The first-order chi connectivity index (χ1) is 14.9. The van der Waals surface area contributed by atoms with Gasteiger partial charge in [0.1, 0.15) is 5.82 Å². The van der Waals surface area contributed by atoms with Gasteiger partial charge in [-0.1, -0.05) is 43.0 Å². The van der Waals surface area contributed by atoms with Gasteiger partial charge in [0.15, 0.2) is 0 Å². The summed E-state index contributed by atoms with van der Waals surface area (Å²) in [6.45, 7) is 1.93. The van der Waals surface area contributed by atoms with Gasteiger partial charge in [-0.15, -0.1) is 0 Å². The SMILES string of the molecule is CN1CCc2c([nH]c3c(CC(O)(c4ccc(F)cc4)C4CCCCC4)cc(Cl)cc23)C1. The minimum Gasteiger partial charge on any atom is -0.385 e. The molecular weight excluding hydrogens is 411 g/mol. The molecule has 0 spiro atoms. The Kier molecular flexibility index (Phi) is 5.58. The summed E-state index contributed by atoms with van der Waals surface area (Å²) in [6.07, 6.45) is 6.91. The maximum absolute atomic E-state index is 13.7. The van der Waals surface area contributed by atoms with Crippen molar-refractivity contribution < 1.29 is 9.50 Å². The molecule has 1 fully saturated rings. The van der Waals surface area contributed by atoms with Gasteiger partial charge >= 0.3 is 0 Å². The van der Waals surface area contributed by atoms with Crippen molar-refractivity contribution in [3.8, 4) is 0 Å². The molecule has 3 aromatic rings. The number of aromatic nitrogens is 1. The van der Waals surface area contributed by atoms with Crippen molar-refractivity contribution in [3.63, 3.8) is 0 Å². The number of benzene rings is 2. The highest BCUT2D eigenvalue weighted by atomic mass is 35.5. The molecule has 1 aromatic heterocycles. The number of hydrogen-bond donors (Lipinski definition) is 2. The zero-order chi connectivity index (χ0) is 21.6. The summed E-state index contributed by atoms with van der Waals surface area (Å²) in [5.41, 5.74) is 4.46. The molecule has 1 saturated carbocycles. The maximum Gasteiger partial charge on any atom is 0.123 e. The van der Waals surface area contributed by atoms with E-state index in [1.807, 2.05) is 6.07 Å². The predicted molar refractivity (Wildman–Crippen MR) is 124 cm³/mol. The van der Waals surface area contributed by atoms with Crippen molar-refractivity contribution in [2.75, 3.05) is 13.6 Å². The van der Waals surface area contributed by atoms with Crippen LogP contribution in [0.15, 0.2) is 36.4 Å². The minimum atomic E-state index is -1.05. The molecule has 1 aliphatic carbocycles. The van der Waals surface area contributed by atoms with Gasteiger partial charge in [-0.05, 0) is 73.2 Å². The van der Waals surface area contributed by atoms with Crippen molar-refractivity contribution in [3.05, 3.63) is 69.6 Å². The average molecular weight is 441 g/mol. The lowest BCUT2D eigenvalue weighted by Crippen LogP contribution is -2.38. The average Bonchev–Trinajstić information content (AvgIpc) is 3.12. The van der Waals surface area contributed by atoms with Crippen LogP contribution in [0.4, 0.5) is 4.39 Å². The maximum atomic E-state index is 13.7. The number of rotatable bonds is 4. The molecule has 2 aliphatic rings. The molecule has 164 valence electrons. The standard InChI is InChI=1S/C26H30ClFN2O/c1-30-12-11-22-23-14-20(27)13-17(25(23)29-24(22)16-30)15-26(31,18-5-3-2-4-6-18)19-7-9-21(28)10-8-19/h7-10,13-14,18,29,31H,2-6,11-12,15-16H2,1H3.